The van der Waals surface area contributed by atoms with Gasteiger partial charge in [0.15, 0.2) is 5.79 Å². The molecule has 2 heterocycles. The Hall–Kier alpha value is -1.79. The molecule has 3 rings (SSSR count). The second-order valence-corrected chi connectivity index (χ2v) is 5.28. The summed E-state index contributed by atoms with van der Waals surface area (Å²) in [6.45, 7) is 2.33. The zero-order chi connectivity index (χ0) is 14.9. The molecule has 0 unspecified atom stereocenters. The lowest BCUT2D eigenvalue weighted by Gasteiger charge is -2.37. The van der Waals surface area contributed by atoms with Gasteiger partial charge >= 0.3 is 0 Å². The summed E-state index contributed by atoms with van der Waals surface area (Å²) < 4.78 is 16.4. The third-order valence-corrected chi connectivity index (χ3v) is 4.06. The van der Waals surface area contributed by atoms with Crippen LogP contribution in [0, 0.1) is 0 Å². The fourth-order valence-electron chi connectivity index (χ4n) is 2.82. The number of hydrogen-bond donors (Lipinski definition) is 1. The molecule has 1 N–H and O–H groups in total. The van der Waals surface area contributed by atoms with Crippen molar-refractivity contribution in [2.45, 2.75) is 18.6 Å². The van der Waals surface area contributed by atoms with Gasteiger partial charge in [0.2, 0.25) is 0 Å². The third-order valence-electron chi connectivity index (χ3n) is 4.06. The number of carbonyl (C=O) groups excluding carboxylic acids is 1. The lowest BCUT2D eigenvalue weighted by atomic mass is 10.0. The summed E-state index contributed by atoms with van der Waals surface area (Å²) in [5.41, 5.74) is 0.263. The largest absolute Gasteiger partial charge is 0.507 e. The quantitative estimate of drug-likeness (QED) is 0.892. The van der Waals surface area contributed by atoms with E-state index in [1.165, 1.54) is 13.2 Å². The molecular formula is C15H19NO5. The number of amides is 1. The Balaban J connectivity index is 1.72. The van der Waals surface area contributed by atoms with Crippen molar-refractivity contribution >= 4 is 5.91 Å². The molecule has 2 saturated heterocycles. The number of piperidine rings is 1. The normalized spacial score (nSPS) is 20.7. The van der Waals surface area contributed by atoms with Crippen LogP contribution in [0.15, 0.2) is 18.2 Å². The first-order valence-corrected chi connectivity index (χ1v) is 7.08. The molecule has 0 saturated carbocycles. The van der Waals surface area contributed by atoms with Gasteiger partial charge in [-0.15, -0.1) is 0 Å². The Kier molecular flexibility index (Phi) is 3.73. The number of phenols is 1. The molecule has 1 amide bonds. The minimum absolute atomic E-state index is 0.0329. The average molecular weight is 293 g/mol. The Morgan fingerprint density at radius 1 is 1.29 bits per heavy atom. The van der Waals surface area contributed by atoms with Crippen LogP contribution in [0.4, 0.5) is 0 Å². The fraction of sp³-hybridized carbons (Fsp3) is 0.533. The Labute approximate surface area is 123 Å². The van der Waals surface area contributed by atoms with Crippen molar-refractivity contribution in [3.8, 4) is 11.5 Å². The maximum atomic E-state index is 12.5. The van der Waals surface area contributed by atoms with Gasteiger partial charge < -0.3 is 24.2 Å². The van der Waals surface area contributed by atoms with Gasteiger partial charge in [-0.05, 0) is 18.2 Å². The summed E-state index contributed by atoms with van der Waals surface area (Å²) in [4.78, 5) is 14.2. The van der Waals surface area contributed by atoms with Gasteiger partial charge in [0, 0.05) is 25.9 Å². The van der Waals surface area contributed by atoms with Crippen molar-refractivity contribution in [2.24, 2.45) is 0 Å². The summed E-state index contributed by atoms with van der Waals surface area (Å²) >= 11 is 0. The minimum Gasteiger partial charge on any atom is -0.507 e. The van der Waals surface area contributed by atoms with E-state index in [0.717, 1.165) is 0 Å². The van der Waals surface area contributed by atoms with Crippen LogP contribution < -0.4 is 4.74 Å². The molecule has 21 heavy (non-hydrogen) atoms. The lowest BCUT2D eigenvalue weighted by Crippen LogP contribution is -2.47. The molecule has 1 spiro atoms. The van der Waals surface area contributed by atoms with Crippen LogP contribution in [0.5, 0.6) is 11.5 Å². The highest BCUT2D eigenvalue weighted by Gasteiger charge is 2.41. The van der Waals surface area contributed by atoms with E-state index in [2.05, 4.69) is 0 Å². The van der Waals surface area contributed by atoms with Gasteiger partial charge in [0.05, 0.1) is 25.9 Å². The van der Waals surface area contributed by atoms with Crippen LogP contribution in [0.3, 0.4) is 0 Å². The van der Waals surface area contributed by atoms with Gasteiger partial charge in [-0.2, -0.15) is 0 Å². The second-order valence-electron chi connectivity index (χ2n) is 5.28. The highest BCUT2D eigenvalue weighted by molar-refractivity contribution is 5.97. The first kappa shape index (κ1) is 14.2. The van der Waals surface area contributed by atoms with Gasteiger partial charge in [-0.25, -0.2) is 0 Å². The molecule has 0 aliphatic carbocycles. The standard InChI is InChI=1S/C15H19NO5/c1-19-11-2-3-13(17)12(10-11)14(18)16-6-4-15(5-7-16)20-8-9-21-15/h2-3,10,17H,4-9H2,1H3. The van der Waals surface area contributed by atoms with Gasteiger partial charge in [-0.1, -0.05) is 0 Å². The predicted octanol–water partition coefficient (Wildman–Crippen LogP) is 1.38. The maximum absolute atomic E-state index is 12.5. The highest BCUT2D eigenvalue weighted by Crippen LogP contribution is 2.32. The number of aromatic hydroxyl groups is 1. The number of carbonyl (C=O) groups is 1. The zero-order valence-corrected chi connectivity index (χ0v) is 12.0. The Bertz CT molecular complexity index is 529. The number of nitrogens with zero attached hydrogens (tertiary/aromatic N) is 1. The van der Waals surface area contributed by atoms with Crippen LogP contribution in [0.2, 0.25) is 0 Å². The molecule has 0 aromatic heterocycles. The summed E-state index contributed by atoms with van der Waals surface area (Å²) in [5, 5.41) is 9.88. The number of hydrogen-bond acceptors (Lipinski definition) is 5. The van der Waals surface area contributed by atoms with E-state index in [0.29, 0.717) is 44.9 Å². The molecule has 6 heteroatoms. The van der Waals surface area contributed by atoms with Gasteiger partial charge in [0.1, 0.15) is 11.5 Å². The van der Waals surface area contributed by atoms with Crippen LogP contribution in [-0.2, 0) is 9.47 Å². The molecule has 6 nitrogen and oxygen atoms in total. The molecule has 0 radical (unpaired) electrons. The first-order valence-electron chi connectivity index (χ1n) is 7.08. The molecule has 2 fully saturated rings. The lowest BCUT2D eigenvalue weighted by molar-refractivity contribution is -0.181. The zero-order valence-electron chi connectivity index (χ0n) is 12.0. The van der Waals surface area contributed by atoms with Crippen LogP contribution >= 0.6 is 0 Å². The molecule has 0 atom stereocenters. The predicted molar refractivity (Wildman–Crippen MR) is 74.4 cm³/mol. The molecule has 2 aliphatic heterocycles. The van der Waals surface area contributed by atoms with Crippen molar-refractivity contribution in [3.05, 3.63) is 23.8 Å². The molecule has 2 aliphatic rings. The van der Waals surface area contributed by atoms with E-state index < -0.39 is 5.79 Å². The smallest absolute Gasteiger partial charge is 0.257 e. The van der Waals surface area contributed by atoms with E-state index in [-0.39, 0.29) is 17.2 Å². The van der Waals surface area contributed by atoms with Crippen molar-refractivity contribution in [1.82, 2.24) is 4.90 Å². The molecule has 0 bridgehead atoms. The third kappa shape index (κ3) is 2.69. The average Bonchev–Trinajstić information content (AvgIpc) is 2.96. The summed E-state index contributed by atoms with van der Waals surface area (Å²) in [6, 6.07) is 4.66. The topological polar surface area (TPSA) is 68.2 Å². The van der Waals surface area contributed by atoms with Gasteiger partial charge in [-0.3, -0.25) is 4.79 Å². The SMILES string of the molecule is COc1ccc(O)c(C(=O)N2CCC3(CC2)OCCO3)c1. The number of methoxy groups -OCH3 is 1. The maximum Gasteiger partial charge on any atom is 0.257 e. The van der Waals surface area contributed by atoms with E-state index in [1.807, 2.05) is 0 Å². The first-order chi connectivity index (χ1) is 10.1. The van der Waals surface area contributed by atoms with E-state index in [9.17, 15) is 9.90 Å². The number of ether oxygens (including phenoxy) is 3. The number of benzene rings is 1. The van der Waals surface area contributed by atoms with E-state index >= 15 is 0 Å². The highest BCUT2D eigenvalue weighted by atomic mass is 16.7. The molecular weight excluding hydrogens is 274 g/mol. The summed E-state index contributed by atoms with van der Waals surface area (Å²) in [6.07, 6.45) is 1.31. The molecule has 1 aromatic carbocycles. The van der Waals surface area contributed by atoms with Crippen LogP contribution in [0.25, 0.3) is 0 Å². The van der Waals surface area contributed by atoms with Crippen LogP contribution in [0.1, 0.15) is 23.2 Å². The molecule has 114 valence electrons. The monoisotopic (exact) mass is 293 g/mol. The summed E-state index contributed by atoms with van der Waals surface area (Å²) in [7, 11) is 1.53. The Morgan fingerprint density at radius 3 is 2.57 bits per heavy atom. The van der Waals surface area contributed by atoms with Gasteiger partial charge in [0.25, 0.3) is 5.91 Å². The minimum atomic E-state index is -0.507. The summed E-state index contributed by atoms with van der Waals surface area (Å²) in [5.74, 6) is -0.187. The van der Waals surface area contributed by atoms with Crippen molar-refractivity contribution < 1.29 is 24.1 Å². The molecule has 1 aromatic rings. The number of rotatable bonds is 2. The van der Waals surface area contributed by atoms with E-state index in [4.69, 9.17) is 14.2 Å². The fourth-order valence-corrected chi connectivity index (χ4v) is 2.82. The second kappa shape index (κ2) is 5.54. The Morgan fingerprint density at radius 2 is 1.95 bits per heavy atom. The van der Waals surface area contributed by atoms with Crippen LogP contribution in [-0.4, -0.2) is 55.1 Å². The van der Waals surface area contributed by atoms with E-state index in [1.54, 1.807) is 17.0 Å². The van der Waals surface area contributed by atoms with Crippen molar-refractivity contribution in [1.29, 1.82) is 0 Å². The van der Waals surface area contributed by atoms with Crippen molar-refractivity contribution in [2.75, 3.05) is 33.4 Å². The number of phenolic OH excluding ortho intramolecular Hbond substituents is 1. The number of likely N-dealkylation sites (tertiary alicyclic amines) is 1. The van der Waals surface area contributed by atoms with Crippen molar-refractivity contribution in [3.63, 3.8) is 0 Å².